The molecule has 0 aliphatic carbocycles. The Morgan fingerprint density at radius 3 is 1.20 bits per heavy atom. The standard InChI is InChI=1S/C11H28N3P/c1-7-12(6)15(13(8-2)9-3)14(10-4)11-5/h7-11H2,1-6H3. The lowest BCUT2D eigenvalue weighted by atomic mass is 10.7. The van der Waals surface area contributed by atoms with Gasteiger partial charge in [-0.15, -0.1) is 0 Å². The van der Waals surface area contributed by atoms with E-state index in [1.54, 1.807) is 0 Å². The Morgan fingerprint density at radius 2 is 1.00 bits per heavy atom. The predicted molar refractivity (Wildman–Crippen MR) is 71.1 cm³/mol. The summed E-state index contributed by atoms with van der Waals surface area (Å²) in [7, 11) is 1.99. The van der Waals surface area contributed by atoms with Crippen LogP contribution in [0.25, 0.3) is 0 Å². The van der Waals surface area contributed by atoms with Gasteiger partial charge in [-0.1, -0.05) is 34.6 Å². The van der Waals surface area contributed by atoms with Crippen LogP contribution >= 0.6 is 8.37 Å². The first-order valence-electron chi connectivity index (χ1n) is 6.16. The van der Waals surface area contributed by atoms with Gasteiger partial charge in [0.15, 0.2) is 0 Å². The third-order valence-corrected chi connectivity index (χ3v) is 5.77. The maximum atomic E-state index is 2.58. The van der Waals surface area contributed by atoms with E-state index in [1.165, 1.54) is 0 Å². The van der Waals surface area contributed by atoms with E-state index < -0.39 is 0 Å². The molecular weight excluding hydrogens is 205 g/mol. The van der Waals surface area contributed by atoms with Gasteiger partial charge >= 0.3 is 0 Å². The molecule has 0 aromatic rings. The van der Waals surface area contributed by atoms with E-state index in [2.05, 4.69) is 55.7 Å². The first-order valence-corrected chi connectivity index (χ1v) is 7.36. The zero-order valence-corrected chi connectivity index (χ0v) is 12.2. The summed E-state index contributed by atoms with van der Waals surface area (Å²) in [6, 6.07) is 0. The molecule has 0 heterocycles. The van der Waals surface area contributed by atoms with Crippen molar-refractivity contribution in [2.45, 2.75) is 34.6 Å². The zero-order chi connectivity index (χ0) is 11.8. The lowest BCUT2D eigenvalue weighted by molar-refractivity contribution is 0.369. The Balaban J connectivity index is 4.67. The summed E-state index contributed by atoms with van der Waals surface area (Å²) in [6.45, 7) is 17.0. The molecule has 0 spiro atoms. The van der Waals surface area contributed by atoms with E-state index in [4.69, 9.17) is 0 Å². The van der Waals surface area contributed by atoms with Gasteiger partial charge in [0.2, 0.25) is 0 Å². The molecule has 0 amide bonds. The highest BCUT2D eigenvalue weighted by molar-refractivity contribution is 7.50. The van der Waals surface area contributed by atoms with E-state index in [0.29, 0.717) is 0 Å². The number of nitrogens with zero attached hydrogens (tertiary/aromatic N) is 3. The van der Waals surface area contributed by atoms with Crippen molar-refractivity contribution in [2.24, 2.45) is 0 Å². The molecule has 0 aliphatic rings. The molecule has 92 valence electrons. The van der Waals surface area contributed by atoms with E-state index in [0.717, 1.165) is 32.7 Å². The summed E-state index contributed by atoms with van der Waals surface area (Å²) < 4.78 is 7.63. The quantitative estimate of drug-likeness (QED) is 0.597. The minimum Gasteiger partial charge on any atom is -0.261 e. The van der Waals surface area contributed by atoms with Gasteiger partial charge in [0.25, 0.3) is 0 Å². The third kappa shape index (κ3) is 4.36. The monoisotopic (exact) mass is 233 g/mol. The van der Waals surface area contributed by atoms with Gasteiger partial charge in [-0.25, -0.2) is 0 Å². The van der Waals surface area contributed by atoms with Gasteiger partial charge in [-0.2, -0.15) is 0 Å². The Morgan fingerprint density at radius 1 is 0.667 bits per heavy atom. The van der Waals surface area contributed by atoms with Crippen molar-refractivity contribution >= 4 is 8.37 Å². The van der Waals surface area contributed by atoms with E-state index in [9.17, 15) is 0 Å². The molecule has 0 bridgehead atoms. The molecule has 15 heavy (non-hydrogen) atoms. The van der Waals surface area contributed by atoms with Crippen molar-refractivity contribution in [2.75, 3.05) is 39.8 Å². The van der Waals surface area contributed by atoms with Crippen LogP contribution in [0.1, 0.15) is 34.6 Å². The molecule has 0 rings (SSSR count). The molecule has 0 radical (unpaired) electrons. The van der Waals surface area contributed by atoms with Crippen molar-refractivity contribution < 1.29 is 0 Å². The van der Waals surface area contributed by atoms with Gasteiger partial charge in [0.05, 0.1) is 0 Å². The van der Waals surface area contributed by atoms with Crippen LogP contribution in [0.3, 0.4) is 0 Å². The van der Waals surface area contributed by atoms with Crippen LogP contribution in [0.15, 0.2) is 0 Å². The third-order valence-electron chi connectivity index (χ3n) is 2.73. The van der Waals surface area contributed by atoms with Crippen LogP contribution in [0.2, 0.25) is 0 Å². The molecule has 3 nitrogen and oxygen atoms in total. The maximum absolute atomic E-state index is 2.58. The Hall–Kier alpha value is 0.310. The highest BCUT2D eigenvalue weighted by Crippen LogP contribution is 2.45. The minimum atomic E-state index is -0.249. The zero-order valence-electron chi connectivity index (χ0n) is 11.3. The summed E-state index contributed by atoms with van der Waals surface area (Å²) in [5.41, 5.74) is 0. The Bertz CT molecular complexity index is 135. The molecule has 0 atom stereocenters. The second-order valence-electron chi connectivity index (χ2n) is 3.52. The SMILES string of the molecule is CCN(C)P(N(CC)CC)N(CC)CC. The summed E-state index contributed by atoms with van der Waals surface area (Å²) in [6.07, 6.45) is 0. The van der Waals surface area contributed by atoms with Crippen LogP contribution in [-0.2, 0) is 0 Å². The van der Waals surface area contributed by atoms with Crippen LogP contribution < -0.4 is 0 Å². The van der Waals surface area contributed by atoms with Crippen LogP contribution in [0.4, 0.5) is 0 Å². The average Bonchev–Trinajstić information content (AvgIpc) is 2.28. The number of hydrogen-bond acceptors (Lipinski definition) is 3. The second-order valence-corrected chi connectivity index (χ2v) is 5.87. The lowest BCUT2D eigenvalue weighted by Gasteiger charge is -2.42. The highest BCUT2D eigenvalue weighted by Gasteiger charge is 2.24. The molecule has 0 unspecified atom stereocenters. The van der Waals surface area contributed by atoms with Crippen molar-refractivity contribution in [3.8, 4) is 0 Å². The van der Waals surface area contributed by atoms with Gasteiger partial charge < -0.3 is 0 Å². The summed E-state index contributed by atoms with van der Waals surface area (Å²) >= 11 is 0. The maximum Gasteiger partial charge on any atom is 0.119 e. The lowest BCUT2D eigenvalue weighted by Crippen LogP contribution is -2.36. The Labute approximate surface area is 97.3 Å². The van der Waals surface area contributed by atoms with Crippen molar-refractivity contribution in [3.63, 3.8) is 0 Å². The molecular formula is C11H28N3P. The van der Waals surface area contributed by atoms with Crippen LogP contribution in [-0.4, -0.2) is 53.8 Å². The fraction of sp³-hybridized carbons (Fsp3) is 1.00. The molecule has 0 aromatic carbocycles. The minimum absolute atomic E-state index is 0.249. The second kappa shape index (κ2) is 8.46. The fourth-order valence-corrected chi connectivity index (χ4v) is 4.18. The highest BCUT2D eigenvalue weighted by atomic mass is 31.2. The molecule has 0 saturated carbocycles. The molecule has 0 saturated heterocycles. The van der Waals surface area contributed by atoms with Gasteiger partial charge in [-0.3, -0.25) is 14.0 Å². The molecule has 0 N–H and O–H groups in total. The van der Waals surface area contributed by atoms with Gasteiger partial charge in [0.1, 0.15) is 8.37 Å². The fourth-order valence-electron chi connectivity index (χ4n) is 1.69. The smallest absolute Gasteiger partial charge is 0.119 e. The number of hydrogen-bond donors (Lipinski definition) is 0. The van der Waals surface area contributed by atoms with Crippen LogP contribution in [0, 0.1) is 0 Å². The summed E-state index contributed by atoms with van der Waals surface area (Å²) in [4.78, 5) is 0. The molecule has 0 aliphatic heterocycles. The normalized spacial score (nSPS) is 12.4. The summed E-state index contributed by atoms with van der Waals surface area (Å²) in [5, 5.41) is 0. The molecule has 0 fully saturated rings. The first kappa shape index (κ1) is 15.3. The van der Waals surface area contributed by atoms with Crippen molar-refractivity contribution in [1.82, 2.24) is 14.0 Å². The van der Waals surface area contributed by atoms with E-state index in [-0.39, 0.29) is 8.37 Å². The van der Waals surface area contributed by atoms with Crippen molar-refractivity contribution in [1.29, 1.82) is 0 Å². The van der Waals surface area contributed by atoms with Gasteiger partial charge in [-0.05, 0) is 7.05 Å². The Kier molecular flexibility index (Phi) is 8.64. The van der Waals surface area contributed by atoms with Crippen molar-refractivity contribution in [3.05, 3.63) is 0 Å². The first-order chi connectivity index (χ1) is 7.15. The molecule has 0 aromatic heterocycles. The van der Waals surface area contributed by atoms with E-state index in [1.807, 2.05) is 0 Å². The van der Waals surface area contributed by atoms with E-state index >= 15 is 0 Å². The topological polar surface area (TPSA) is 9.72 Å². The summed E-state index contributed by atoms with van der Waals surface area (Å²) in [5.74, 6) is 0. The average molecular weight is 233 g/mol. The number of rotatable bonds is 8. The van der Waals surface area contributed by atoms with Crippen LogP contribution in [0.5, 0.6) is 0 Å². The predicted octanol–water partition coefficient (Wildman–Crippen LogP) is 2.85. The largest absolute Gasteiger partial charge is 0.261 e. The molecule has 4 heteroatoms. The van der Waals surface area contributed by atoms with Gasteiger partial charge in [0, 0.05) is 32.7 Å².